The average Bonchev–Trinajstić information content (AvgIpc) is 2.62. The van der Waals surface area contributed by atoms with Gasteiger partial charge in [0, 0.05) is 26.9 Å². The van der Waals surface area contributed by atoms with Gasteiger partial charge in [-0.3, -0.25) is 9.59 Å². The van der Waals surface area contributed by atoms with E-state index in [9.17, 15) is 9.59 Å². The second kappa shape index (κ2) is 9.56. The van der Waals surface area contributed by atoms with Gasteiger partial charge in [-0.05, 0) is 43.3 Å². The second-order valence-electron chi connectivity index (χ2n) is 7.33. The maximum Gasteiger partial charge on any atom is 0.244 e. The van der Waals surface area contributed by atoms with Crippen LogP contribution in [0.2, 0.25) is 0 Å². The first-order valence-corrected chi connectivity index (χ1v) is 9.22. The van der Waals surface area contributed by atoms with Crippen LogP contribution < -0.4 is 10.6 Å². The lowest BCUT2D eigenvalue weighted by atomic mass is 9.85. The van der Waals surface area contributed by atoms with E-state index >= 15 is 0 Å². The van der Waals surface area contributed by atoms with E-state index < -0.39 is 6.04 Å². The molecule has 2 amide bonds. The maximum atomic E-state index is 12.5. The highest BCUT2D eigenvalue weighted by molar-refractivity contribution is 5.87. The fraction of sp³-hybridized carbons (Fsp3) is 0.600. The molecule has 5 heteroatoms. The second-order valence-corrected chi connectivity index (χ2v) is 7.33. The van der Waals surface area contributed by atoms with Crippen molar-refractivity contribution >= 4 is 11.8 Å². The molecular formula is C20H31N3O2. The van der Waals surface area contributed by atoms with E-state index in [0.717, 1.165) is 18.7 Å². The SMILES string of the molecule is CC(CC(=O)NC(Cc1ccccc1)C(=O)N(C)C)C1CCCNC1. The van der Waals surface area contributed by atoms with Crippen LogP contribution >= 0.6 is 0 Å². The van der Waals surface area contributed by atoms with Crippen molar-refractivity contribution in [1.82, 2.24) is 15.5 Å². The highest BCUT2D eigenvalue weighted by atomic mass is 16.2. The van der Waals surface area contributed by atoms with Gasteiger partial charge in [-0.25, -0.2) is 0 Å². The molecule has 0 bridgehead atoms. The van der Waals surface area contributed by atoms with Crippen molar-refractivity contribution in [2.45, 2.75) is 38.6 Å². The number of nitrogens with zero attached hydrogens (tertiary/aromatic N) is 1. The number of carbonyl (C=O) groups is 2. The van der Waals surface area contributed by atoms with Gasteiger partial charge in [0.05, 0.1) is 0 Å². The Morgan fingerprint density at radius 3 is 2.60 bits per heavy atom. The summed E-state index contributed by atoms with van der Waals surface area (Å²) in [6, 6.07) is 9.31. The summed E-state index contributed by atoms with van der Waals surface area (Å²) >= 11 is 0. The fourth-order valence-corrected chi connectivity index (χ4v) is 3.44. The first-order valence-electron chi connectivity index (χ1n) is 9.22. The number of hydrogen-bond acceptors (Lipinski definition) is 3. The van der Waals surface area contributed by atoms with Crippen LogP contribution in [0.4, 0.5) is 0 Å². The molecule has 0 aromatic heterocycles. The number of piperidine rings is 1. The summed E-state index contributed by atoms with van der Waals surface area (Å²) < 4.78 is 0. The predicted molar refractivity (Wildman–Crippen MR) is 100 cm³/mol. The van der Waals surface area contributed by atoms with Crippen LogP contribution in [-0.4, -0.2) is 49.9 Å². The Balaban J connectivity index is 1.95. The van der Waals surface area contributed by atoms with E-state index in [0.29, 0.717) is 24.7 Å². The molecule has 2 rings (SSSR count). The van der Waals surface area contributed by atoms with Crippen molar-refractivity contribution in [3.63, 3.8) is 0 Å². The summed E-state index contributed by atoms with van der Waals surface area (Å²) in [5.74, 6) is 0.759. The Bertz CT molecular complexity index is 553. The zero-order valence-corrected chi connectivity index (χ0v) is 15.6. The van der Waals surface area contributed by atoms with Crippen LogP contribution in [0.1, 0.15) is 31.7 Å². The van der Waals surface area contributed by atoms with Crippen molar-refractivity contribution in [3.05, 3.63) is 35.9 Å². The van der Waals surface area contributed by atoms with E-state index in [4.69, 9.17) is 0 Å². The molecule has 1 aromatic rings. The number of carbonyl (C=O) groups excluding carboxylic acids is 2. The molecule has 0 saturated carbocycles. The lowest BCUT2D eigenvalue weighted by Gasteiger charge is -2.29. The molecule has 0 radical (unpaired) electrons. The molecule has 1 aliphatic rings. The van der Waals surface area contributed by atoms with Gasteiger partial charge in [0.1, 0.15) is 6.04 Å². The van der Waals surface area contributed by atoms with Gasteiger partial charge >= 0.3 is 0 Å². The predicted octanol–water partition coefficient (Wildman–Crippen LogP) is 1.83. The first kappa shape index (κ1) is 19.4. The van der Waals surface area contributed by atoms with Gasteiger partial charge in [0.25, 0.3) is 0 Å². The molecular weight excluding hydrogens is 314 g/mol. The van der Waals surface area contributed by atoms with Crippen molar-refractivity contribution in [2.24, 2.45) is 11.8 Å². The average molecular weight is 345 g/mol. The zero-order valence-electron chi connectivity index (χ0n) is 15.6. The fourth-order valence-electron chi connectivity index (χ4n) is 3.44. The Labute approximate surface area is 151 Å². The molecule has 0 aliphatic carbocycles. The third-order valence-corrected chi connectivity index (χ3v) is 5.00. The van der Waals surface area contributed by atoms with Gasteiger partial charge in [0.15, 0.2) is 0 Å². The third kappa shape index (κ3) is 6.16. The number of amides is 2. The van der Waals surface area contributed by atoms with Crippen LogP contribution in [0.25, 0.3) is 0 Å². The summed E-state index contributed by atoms with van der Waals surface area (Å²) in [4.78, 5) is 26.5. The highest BCUT2D eigenvalue weighted by Gasteiger charge is 2.26. The summed E-state index contributed by atoms with van der Waals surface area (Å²) in [6.07, 6.45) is 3.33. The molecule has 1 heterocycles. The zero-order chi connectivity index (χ0) is 18.2. The summed E-state index contributed by atoms with van der Waals surface area (Å²) in [6.45, 7) is 4.20. The van der Waals surface area contributed by atoms with Crippen LogP contribution in [0.3, 0.4) is 0 Å². The largest absolute Gasteiger partial charge is 0.347 e. The molecule has 1 aliphatic heterocycles. The number of hydrogen-bond donors (Lipinski definition) is 2. The Morgan fingerprint density at radius 2 is 2.00 bits per heavy atom. The monoisotopic (exact) mass is 345 g/mol. The van der Waals surface area contributed by atoms with Gasteiger partial charge in [-0.15, -0.1) is 0 Å². The number of nitrogens with one attached hydrogen (secondary N) is 2. The van der Waals surface area contributed by atoms with Gasteiger partial charge < -0.3 is 15.5 Å². The topological polar surface area (TPSA) is 61.4 Å². The molecule has 138 valence electrons. The summed E-state index contributed by atoms with van der Waals surface area (Å²) in [5, 5.41) is 6.37. The van der Waals surface area contributed by atoms with Crippen molar-refractivity contribution in [2.75, 3.05) is 27.2 Å². The lowest BCUT2D eigenvalue weighted by molar-refractivity contribution is -0.134. The molecule has 2 N–H and O–H groups in total. The smallest absolute Gasteiger partial charge is 0.244 e. The van der Waals surface area contributed by atoms with Gasteiger partial charge in [0.2, 0.25) is 11.8 Å². The van der Waals surface area contributed by atoms with Crippen molar-refractivity contribution < 1.29 is 9.59 Å². The van der Waals surface area contributed by atoms with Crippen LogP contribution in [0.5, 0.6) is 0 Å². The summed E-state index contributed by atoms with van der Waals surface area (Å²) in [7, 11) is 3.45. The summed E-state index contributed by atoms with van der Waals surface area (Å²) in [5.41, 5.74) is 1.05. The van der Waals surface area contributed by atoms with E-state index in [2.05, 4.69) is 17.6 Å². The molecule has 0 spiro atoms. The molecule has 1 fully saturated rings. The number of benzene rings is 1. The minimum Gasteiger partial charge on any atom is -0.347 e. The molecule has 3 atom stereocenters. The minimum absolute atomic E-state index is 0.0331. The highest BCUT2D eigenvalue weighted by Crippen LogP contribution is 2.22. The van der Waals surface area contributed by atoms with Crippen molar-refractivity contribution in [3.8, 4) is 0 Å². The Morgan fingerprint density at radius 1 is 1.28 bits per heavy atom. The standard InChI is InChI=1S/C20H31N3O2/c1-15(17-10-7-11-21-14-17)12-19(24)22-18(20(25)23(2)3)13-16-8-5-4-6-9-16/h4-6,8-9,15,17-18,21H,7,10-14H2,1-3H3,(H,22,24). The van der Waals surface area contributed by atoms with E-state index in [-0.39, 0.29) is 11.8 Å². The van der Waals surface area contributed by atoms with E-state index in [1.165, 1.54) is 12.8 Å². The van der Waals surface area contributed by atoms with Crippen molar-refractivity contribution in [1.29, 1.82) is 0 Å². The normalized spacial score (nSPS) is 19.7. The first-order chi connectivity index (χ1) is 12.0. The molecule has 1 aromatic carbocycles. The number of likely N-dealkylation sites (N-methyl/N-ethyl adjacent to an activating group) is 1. The Hall–Kier alpha value is -1.88. The van der Waals surface area contributed by atoms with E-state index in [1.807, 2.05) is 30.3 Å². The molecule has 1 saturated heterocycles. The molecule has 25 heavy (non-hydrogen) atoms. The van der Waals surface area contributed by atoms with Crippen LogP contribution in [-0.2, 0) is 16.0 Å². The third-order valence-electron chi connectivity index (χ3n) is 5.00. The maximum absolute atomic E-state index is 12.5. The van der Waals surface area contributed by atoms with E-state index in [1.54, 1.807) is 19.0 Å². The molecule has 5 nitrogen and oxygen atoms in total. The van der Waals surface area contributed by atoms with Crippen LogP contribution in [0, 0.1) is 11.8 Å². The molecule has 3 unspecified atom stereocenters. The lowest BCUT2D eigenvalue weighted by Crippen LogP contribution is -2.48. The Kier molecular flexibility index (Phi) is 7.44. The van der Waals surface area contributed by atoms with Gasteiger partial charge in [-0.2, -0.15) is 0 Å². The van der Waals surface area contributed by atoms with Gasteiger partial charge in [-0.1, -0.05) is 37.3 Å². The minimum atomic E-state index is -0.512. The quantitative estimate of drug-likeness (QED) is 0.792. The number of rotatable bonds is 7. The van der Waals surface area contributed by atoms with Crippen LogP contribution in [0.15, 0.2) is 30.3 Å².